The molecule has 182 valence electrons. The molecule has 1 saturated heterocycles. The van der Waals surface area contributed by atoms with Gasteiger partial charge in [0.05, 0.1) is 12.4 Å². The number of sulfonamides is 1. The number of aliphatic hydroxyl groups excluding tert-OH is 1. The summed E-state index contributed by atoms with van der Waals surface area (Å²) in [5.74, 6) is 0.0701. The minimum Gasteiger partial charge on any atom is -0.393 e. The highest BCUT2D eigenvalue weighted by Crippen LogP contribution is 2.36. The Kier molecular flexibility index (Phi) is 6.70. The van der Waals surface area contributed by atoms with Gasteiger partial charge >= 0.3 is 0 Å². The molecule has 2 aromatic heterocycles. The van der Waals surface area contributed by atoms with Crippen LogP contribution in [0.5, 0.6) is 0 Å². The topological polar surface area (TPSA) is 117 Å². The van der Waals surface area contributed by atoms with Crippen molar-refractivity contribution >= 4 is 27.0 Å². The number of rotatable bonds is 6. The molecule has 4 rings (SSSR count). The van der Waals surface area contributed by atoms with Gasteiger partial charge in [-0.1, -0.05) is 6.92 Å². The van der Waals surface area contributed by atoms with E-state index in [4.69, 9.17) is 0 Å². The molecule has 2 fully saturated rings. The van der Waals surface area contributed by atoms with E-state index in [1.54, 1.807) is 0 Å². The minimum absolute atomic E-state index is 0.00328. The van der Waals surface area contributed by atoms with Crippen molar-refractivity contribution in [2.24, 2.45) is 5.92 Å². The largest absolute Gasteiger partial charge is 0.393 e. The van der Waals surface area contributed by atoms with Crippen molar-refractivity contribution in [1.82, 2.24) is 18.8 Å². The van der Waals surface area contributed by atoms with E-state index < -0.39 is 34.5 Å². The number of hydrogen-bond donors (Lipinski definition) is 2. The number of nitrogens with one attached hydrogen (secondary N) is 1. The fourth-order valence-electron chi connectivity index (χ4n) is 4.87. The number of alkyl halides is 2. The van der Waals surface area contributed by atoms with Crippen LogP contribution in [0, 0.1) is 5.92 Å². The van der Waals surface area contributed by atoms with Crippen LogP contribution in [0.3, 0.4) is 0 Å². The molecule has 1 aliphatic heterocycles. The molecule has 0 radical (unpaired) electrons. The number of anilines is 1. The summed E-state index contributed by atoms with van der Waals surface area (Å²) in [6, 6.07) is 1.03. The lowest BCUT2D eigenvalue weighted by atomic mass is 10.0. The summed E-state index contributed by atoms with van der Waals surface area (Å²) in [6.07, 6.45) is 1.05. The normalized spacial score (nSPS) is 25.2. The van der Waals surface area contributed by atoms with Gasteiger partial charge in [0.1, 0.15) is 5.65 Å². The summed E-state index contributed by atoms with van der Waals surface area (Å²) in [5.41, 5.74) is -0.168. The maximum Gasteiger partial charge on any atom is 0.255 e. The SMILES string of the molecule is C[C@@H]1[C@H](O)CC[C@H]1n1c(=O)c(CC(F)F)cc2cnc(NC3CCN(S(C)(=O)=O)CC3)nc21. The summed E-state index contributed by atoms with van der Waals surface area (Å²) in [7, 11) is -3.23. The van der Waals surface area contributed by atoms with Crippen LogP contribution in [-0.4, -0.2) is 70.3 Å². The van der Waals surface area contributed by atoms with Gasteiger partial charge in [-0.25, -0.2) is 26.5 Å². The first-order chi connectivity index (χ1) is 15.5. The van der Waals surface area contributed by atoms with E-state index in [-0.39, 0.29) is 23.6 Å². The van der Waals surface area contributed by atoms with Gasteiger partial charge in [0.15, 0.2) is 0 Å². The molecule has 2 N–H and O–H groups in total. The molecule has 12 heteroatoms. The number of halogens is 2. The van der Waals surface area contributed by atoms with Gasteiger partial charge in [-0.2, -0.15) is 4.98 Å². The Bertz CT molecular complexity index is 1180. The zero-order valence-electron chi connectivity index (χ0n) is 18.6. The molecule has 0 spiro atoms. The average molecular weight is 486 g/mol. The molecule has 3 atom stereocenters. The molecule has 0 unspecified atom stereocenters. The predicted octanol–water partition coefficient (Wildman–Crippen LogP) is 1.77. The van der Waals surface area contributed by atoms with Crippen molar-refractivity contribution in [3.05, 3.63) is 28.2 Å². The third-order valence-corrected chi connectivity index (χ3v) is 8.08. The van der Waals surface area contributed by atoms with E-state index in [2.05, 4.69) is 15.3 Å². The van der Waals surface area contributed by atoms with E-state index in [1.807, 2.05) is 6.92 Å². The van der Waals surface area contributed by atoms with Crippen molar-refractivity contribution < 1.29 is 22.3 Å². The van der Waals surface area contributed by atoms with Crippen molar-refractivity contribution in [3.63, 3.8) is 0 Å². The molecule has 1 saturated carbocycles. The Hall–Kier alpha value is -2.18. The molecule has 33 heavy (non-hydrogen) atoms. The molecular weight excluding hydrogens is 456 g/mol. The van der Waals surface area contributed by atoms with Crippen LogP contribution in [-0.2, 0) is 16.4 Å². The summed E-state index contributed by atoms with van der Waals surface area (Å²) in [6.45, 7) is 2.63. The molecule has 3 heterocycles. The fourth-order valence-corrected chi connectivity index (χ4v) is 5.74. The van der Waals surface area contributed by atoms with Gasteiger partial charge in [-0.05, 0) is 31.7 Å². The standard InChI is InChI=1S/C21H29F2N5O4S/c1-12-16(3-4-17(12)29)28-19-14(9-13(20(28)30)10-18(22)23)11-24-21(26-19)25-15-5-7-27(8-6-15)33(2,31)32/h9,11-12,15-18,29H,3-8,10H2,1-2H3,(H,24,25,26)/t12-,16+,17+/m0/s1. The summed E-state index contributed by atoms with van der Waals surface area (Å²) >= 11 is 0. The number of hydrogen-bond acceptors (Lipinski definition) is 7. The lowest BCUT2D eigenvalue weighted by molar-refractivity contribution is 0.128. The number of nitrogens with zero attached hydrogens (tertiary/aromatic N) is 4. The molecule has 1 aliphatic carbocycles. The number of pyridine rings is 1. The van der Waals surface area contributed by atoms with Crippen molar-refractivity contribution in [2.75, 3.05) is 24.7 Å². The Balaban J connectivity index is 1.68. The van der Waals surface area contributed by atoms with E-state index in [0.717, 1.165) is 0 Å². The van der Waals surface area contributed by atoms with Gasteiger partial charge in [-0.15, -0.1) is 0 Å². The molecule has 2 aromatic rings. The Morgan fingerprint density at radius 3 is 2.52 bits per heavy atom. The van der Waals surface area contributed by atoms with Crippen LogP contribution in [0.4, 0.5) is 14.7 Å². The maximum atomic E-state index is 13.2. The third kappa shape index (κ3) is 5.02. The van der Waals surface area contributed by atoms with Crippen LogP contribution < -0.4 is 10.9 Å². The second-order valence-electron chi connectivity index (χ2n) is 9.06. The fraction of sp³-hybridized carbons (Fsp3) is 0.667. The van der Waals surface area contributed by atoms with Crippen LogP contribution in [0.25, 0.3) is 11.0 Å². The smallest absolute Gasteiger partial charge is 0.255 e. The summed E-state index contributed by atoms with van der Waals surface area (Å²) < 4.78 is 52.5. The first-order valence-corrected chi connectivity index (χ1v) is 13.0. The lowest BCUT2D eigenvalue weighted by Gasteiger charge is -2.30. The summed E-state index contributed by atoms with van der Waals surface area (Å²) in [4.78, 5) is 22.1. The van der Waals surface area contributed by atoms with E-state index in [1.165, 1.54) is 27.4 Å². The molecule has 9 nitrogen and oxygen atoms in total. The third-order valence-electron chi connectivity index (χ3n) is 6.78. The van der Waals surface area contributed by atoms with Crippen molar-refractivity contribution in [1.29, 1.82) is 0 Å². The number of fused-ring (bicyclic) bond motifs is 1. The van der Waals surface area contributed by atoms with Crippen LogP contribution >= 0.6 is 0 Å². The molecular formula is C21H29F2N5O4S. The number of piperidine rings is 1. The Labute approximate surface area is 190 Å². The molecule has 0 amide bonds. The van der Waals surface area contributed by atoms with Gasteiger partial charge < -0.3 is 10.4 Å². The number of aromatic nitrogens is 3. The molecule has 0 aromatic carbocycles. The van der Waals surface area contributed by atoms with E-state index in [0.29, 0.717) is 55.8 Å². The predicted molar refractivity (Wildman–Crippen MR) is 120 cm³/mol. The zero-order chi connectivity index (χ0) is 23.9. The van der Waals surface area contributed by atoms with Crippen LogP contribution in [0.2, 0.25) is 0 Å². The van der Waals surface area contributed by atoms with E-state index in [9.17, 15) is 27.1 Å². The van der Waals surface area contributed by atoms with Gasteiger partial charge in [0.25, 0.3) is 5.56 Å². The van der Waals surface area contributed by atoms with Crippen LogP contribution in [0.1, 0.15) is 44.2 Å². The molecule has 0 bridgehead atoms. The van der Waals surface area contributed by atoms with Crippen molar-refractivity contribution in [3.8, 4) is 0 Å². The lowest BCUT2D eigenvalue weighted by Crippen LogP contribution is -2.42. The first-order valence-electron chi connectivity index (χ1n) is 11.1. The van der Waals surface area contributed by atoms with Crippen molar-refractivity contribution in [2.45, 2.75) is 63.6 Å². The number of aliphatic hydroxyl groups is 1. The zero-order valence-corrected chi connectivity index (χ0v) is 19.4. The minimum atomic E-state index is -3.23. The second kappa shape index (κ2) is 9.22. The maximum absolute atomic E-state index is 13.2. The molecule has 2 aliphatic rings. The average Bonchev–Trinajstić information content (AvgIpc) is 3.07. The highest BCUT2D eigenvalue weighted by Gasteiger charge is 2.35. The van der Waals surface area contributed by atoms with Gasteiger partial charge in [0.2, 0.25) is 22.4 Å². The second-order valence-corrected chi connectivity index (χ2v) is 11.0. The Morgan fingerprint density at radius 1 is 1.24 bits per heavy atom. The van der Waals surface area contributed by atoms with E-state index >= 15 is 0 Å². The van der Waals surface area contributed by atoms with Gasteiger partial charge in [0, 0.05) is 54.7 Å². The van der Waals surface area contributed by atoms with Crippen LogP contribution in [0.15, 0.2) is 17.1 Å². The summed E-state index contributed by atoms with van der Waals surface area (Å²) in [5, 5.41) is 13.9. The highest BCUT2D eigenvalue weighted by atomic mass is 32.2. The monoisotopic (exact) mass is 485 g/mol. The highest BCUT2D eigenvalue weighted by molar-refractivity contribution is 7.88. The van der Waals surface area contributed by atoms with Gasteiger partial charge in [-0.3, -0.25) is 9.36 Å². The Morgan fingerprint density at radius 2 is 1.94 bits per heavy atom. The first kappa shape index (κ1) is 24.0. The quantitative estimate of drug-likeness (QED) is 0.640.